The lowest BCUT2D eigenvalue weighted by Gasteiger charge is -2.10. The van der Waals surface area contributed by atoms with Crippen LogP contribution in [-0.2, 0) is 0 Å². The maximum absolute atomic E-state index is 11.5. The summed E-state index contributed by atoms with van der Waals surface area (Å²) in [4.78, 5) is 17.4. The number of nitrogens with zero attached hydrogens (tertiary/aromatic N) is 2. The number of amides is 1. The number of pyridine rings is 1. The van der Waals surface area contributed by atoms with Crippen LogP contribution >= 0.6 is 11.6 Å². The number of likely N-dealkylation sites (N-methyl/N-ethyl adjacent to an activating group) is 1. The van der Waals surface area contributed by atoms with Gasteiger partial charge in [0, 0.05) is 19.3 Å². The number of aromatic nitrogens is 1. The second-order valence-electron chi connectivity index (χ2n) is 3.43. The first-order valence-electron chi connectivity index (χ1n) is 4.64. The average molecular weight is 228 g/mol. The minimum absolute atomic E-state index is 0.124. The van der Waals surface area contributed by atoms with E-state index in [0.717, 1.165) is 6.54 Å². The van der Waals surface area contributed by atoms with Crippen molar-refractivity contribution >= 4 is 17.5 Å². The van der Waals surface area contributed by atoms with Crippen molar-refractivity contribution in [2.45, 2.75) is 0 Å². The molecule has 1 amide bonds. The third-order valence-electron chi connectivity index (χ3n) is 1.83. The highest BCUT2D eigenvalue weighted by Gasteiger charge is 2.04. The van der Waals surface area contributed by atoms with E-state index in [-0.39, 0.29) is 5.91 Å². The molecular weight excluding hydrogens is 214 g/mol. The van der Waals surface area contributed by atoms with Gasteiger partial charge < -0.3 is 10.2 Å². The summed E-state index contributed by atoms with van der Waals surface area (Å²) in [6.45, 7) is 1.43. The van der Waals surface area contributed by atoms with E-state index in [1.165, 1.54) is 6.20 Å². The van der Waals surface area contributed by atoms with Crippen LogP contribution in [0.15, 0.2) is 18.3 Å². The molecule has 1 N–H and O–H groups in total. The van der Waals surface area contributed by atoms with Gasteiger partial charge in [-0.05, 0) is 26.2 Å². The van der Waals surface area contributed by atoms with Crippen LogP contribution in [-0.4, -0.2) is 43.0 Å². The zero-order valence-electron chi connectivity index (χ0n) is 8.83. The molecule has 0 saturated heterocycles. The van der Waals surface area contributed by atoms with E-state index in [2.05, 4.69) is 10.3 Å². The highest BCUT2D eigenvalue weighted by molar-refractivity contribution is 6.29. The van der Waals surface area contributed by atoms with Crippen molar-refractivity contribution in [2.75, 3.05) is 27.2 Å². The molecule has 0 aliphatic rings. The topological polar surface area (TPSA) is 45.2 Å². The molecule has 1 rings (SSSR count). The van der Waals surface area contributed by atoms with Crippen LogP contribution in [0.25, 0.3) is 0 Å². The fourth-order valence-corrected chi connectivity index (χ4v) is 1.12. The Bertz CT molecular complexity index is 324. The number of nitrogens with one attached hydrogen (secondary N) is 1. The van der Waals surface area contributed by atoms with Gasteiger partial charge in [-0.3, -0.25) is 4.79 Å². The molecule has 4 nitrogen and oxygen atoms in total. The third kappa shape index (κ3) is 4.27. The van der Waals surface area contributed by atoms with E-state index in [1.807, 2.05) is 19.0 Å². The Hall–Kier alpha value is -1.13. The molecule has 1 aromatic rings. The van der Waals surface area contributed by atoms with Crippen molar-refractivity contribution in [3.63, 3.8) is 0 Å². The third-order valence-corrected chi connectivity index (χ3v) is 2.06. The molecule has 0 bridgehead atoms. The Balaban J connectivity index is 2.43. The average Bonchev–Trinajstić information content (AvgIpc) is 2.18. The first-order chi connectivity index (χ1) is 7.09. The van der Waals surface area contributed by atoms with E-state index in [0.29, 0.717) is 17.3 Å². The summed E-state index contributed by atoms with van der Waals surface area (Å²) in [6.07, 6.45) is 1.47. The first kappa shape index (κ1) is 11.9. The highest BCUT2D eigenvalue weighted by Crippen LogP contribution is 2.04. The minimum atomic E-state index is -0.124. The highest BCUT2D eigenvalue weighted by atomic mass is 35.5. The van der Waals surface area contributed by atoms with E-state index in [4.69, 9.17) is 11.6 Å². The summed E-state index contributed by atoms with van der Waals surface area (Å²) >= 11 is 5.61. The van der Waals surface area contributed by atoms with Crippen LogP contribution in [0.4, 0.5) is 0 Å². The number of carbonyl (C=O) groups is 1. The van der Waals surface area contributed by atoms with Crippen molar-refractivity contribution in [2.24, 2.45) is 0 Å². The molecule has 0 atom stereocenters. The van der Waals surface area contributed by atoms with Gasteiger partial charge in [0.15, 0.2) is 0 Å². The monoisotopic (exact) mass is 227 g/mol. The largest absolute Gasteiger partial charge is 0.351 e. The Morgan fingerprint density at radius 2 is 2.27 bits per heavy atom. The van der Waals surface area contributed by atoms with Crippen molar-refractivity contribution < 1.29 is 4.79 Å². The Morgan fingerprint density at radius 3 is 2.80 bits per heavy atom. The second-order valence-corrected chi connectivity index (χ2v) is 3.82. The maximum Gasteiger partial charge on any atom is 0.252 e. The molecule has 5 heteroatoms. The smallest absolute Gasteiger partial charge is 0.252 e. The van der Waals surface area contributed by atoms with E-state index in [9.17, 15) is 4.79 Å². The summed E-state index contributed by atoms with van der Waals surface area (Å²) in [5.74, 6) is -0.124. The number of halogens is 1. The lowest BCUT2D eigenvalue weighted by molar-refractivity contribution is 0.0950. The molecule has 1 heterocycles. The van der Waals surface area contributed by atoms with Crippen LogP contribution < -0.4 is 5.32 Å². The van der Waals surface area contributed by atoms with Gasteiger partial charge in [0.1, 0.15) is 5.15 Å². The van der Waals surface area contributed by atoms with Gasteiger partial charge in [-0.2, -0.15) is 0 Å². The Kier molecular flexibility index (Phi) is 4.52. The van der Waals surface area contributed by atoms with Crippen LogP contribution in [0.3, 0.4) is 0 Å². The van der Waals surface area contributed by atoms with E-state index in [1.54, 1.807) is 12.1 Å². The molecule has 0 aliphatic carbocycles. The van der Waals surface area contributed by atoms with Crippen molar-refractivity contribution in [3.05, 3.63) is 29.0 Å². The zero-order chi connectivity index (χ0) is 11.3. The van der Waals surface area contributed by atoms with Crippen molar-refractivity contribution in [1.29, 1.82) is 0 Å². The van der Waals surface area contributed by atoms with E-state index < -0.39 is 0 Å². The van der Waals surface area contributed by atoms with Crippen LogP contribution in [0.2, 0.25) is 5.15 Å². The molecular formula is C10H14ClN3O. The number of rotatable bonds is 4. The summed E-state index contributed by atoms with van der Waals surface area (Å²) < 4.78 is 0. The molecule has 0 aliphatic heterocycles. The predicted octanol–water partition coefficient (Wildman–Crippen LogP) is 1.03. The van der Waals surface area contributed by atoms with Crippen LogP contribution in [0.5, 0.6) is 0 Å². The number of carbonyl (C=O) groups excluding carboxylic acids is 1. The van der Waals surface area contributed by atoms with Gasteiger partial charge in [-0.1, -0.05) is 11.6 Å². The molecule has 0 unspecified atom stereocenters. The van der Waals surface area contributed by atoms with Crippen molar-refractivity contribution in [1.82, 2.24) is 15.2 Å². The molecule has 0 spiro atoms. The molecule has 15 heavy (non-hydrogen) atoms. The molecule has 1 aromatic heterocycles. The summed E-state index contributed by atoms with van der Waals surface area (Å²) in [5.41, 5.74) is 0.526. The van der Waals surface area contributed by atoms with Crippen LogP contribution in [0.1, 0.15) is 10.4 Å². The van der Waals surface area contributed by atoms with Gasteiger partial charge in [0.05, 0.1) is 5.56 Å². The lowest BCUT2D eigenvalue weighted by atomic mass is 10.3. The standard InChI is InChI=1S/C10H14ClN3O/c1-14(2)6-5-12-10(15)8-3-4-9(11)13-7-8/h3-4,7H,5-6H2,1-2H3,(H,12,15). The minimum Gasteiger partial charge on any atom is -0.351 e. The van der Waals surface area contributed by atoms with Gasteiger partial charge >= 0.3 is 0 Å². The Labute approximate surface area is 94.3 Å². The number of hydrogen-bond donors (Lipinski definition) is 1. The summed E-state index contributed by atoms with van der Waals surface area (Å²) in [5, 5.41) is 3.17. The van der Waals surface area contributed by atoms with Crippen molar-refractivity contribution in [3.8, 4) is 0 Å². The molecule has 0 fully saturated rings. The summed E-state index contributed by atoms with van der Waals surface area (Å²) in [6, 6.07) is 3.25. The SMILES string of the molecule is CN(C)CCNC(=O)c1ccc(Cl)nc1. The second kappa shape index (κ2) is 5.68. The summed E-state index contributed by atoms with van der Waals surface area (Å²) in [7, 11) is 3.91. The lowest BCUT2D eigenvalue weighted by Crippen LogP contribution is -2.31. The van der Waals surface area contributed by atoms with E-state index >= 15 is 0 Å². The van der Waals surface area contributed by atoms with Gasteiger partial charge in [-0.15, -0.1) is 0 Å². The molecule has 82 valence electrons. The molecule has 0 radical (unpaired) electrons. The van der Waals surface area contributed by atoms with Crippen LogP contribution in [0, 0.1) is 0 Å². The Morgan fingerprint density at radius 1 is 1.53 bits per heavy atom. The molecule has 0 aromatic carbocycles. The fraction of sp³-hybridized carbons (Fsp3) is 0.400. The first-order valence-corrected chi connectivity index (χ1v) is 5.02. The fourth-order valence-electron chi connectivity index (χ4n) is 1.01. The van der Waals surface area contributed by atoms with Gasteiger partial charge in [0.25, 0.3) is 5.91 Å². The number of hydrogen-bond acceptors (Lipinski definition) is 3. The maximum atomic E-state index is 11.5. The predicted molar refractivity (Wildman–Crippen MR) is 60.1 cm³/mol. The quantitative estimate of drug-likeness (QED) is 0.782. The zero-order valence-corrected chi connectivity index (χ0v) is 9.58. The van der Waals surface area contributed by atoms with Gasteiger partial charge in [-0.25, -0.2) is 4.98 Å². The van der Waals surface area contributed by atoms with Gasteiger partial charge in [0.2, 0.25) is 0 Å². The molecule has 0 saturated carbocycles. The normalized spacial score (nSPS) is 10.4.